The first-order valence-electron chi connectivity index (χ1n) is 6.94. The minimum atomic E-state index is -0.322. The third kappa shape index (κ3) is 2.28. The molecule has 1 saturated heterocycles. The maximum atomic E-state index is 12.5. The predicted octanol–water partition coefficient (Wildman–Crippen LogP) is 3.09. The van der Waals surface area contributed by atoms with Crippen molar-refractivity contribution in [3.63, 3.8) is 0 Å². The van der Waals surface area contributed by atoms with Gasteiger partial charge in [-0.2, -0.15) is 0 Å². The van der Waals surface area contributed by atoms with Gasteiger partial charge in [-0.15, -0.1) is 0 Å². The van der Waals surface area contributed by atoms with E-state index in [0.29, 0.717) is 12.2 Å². The molecule has 2 heteroatoms. The van der Waals surface area contributed by atoms with Gasteiger partial charge in [0, 0.05) is 6.42 Å². The summed E-state index contributed by atoms with van der Waals surface area (Å²) in [4.78, 5) is 12.5. The SMILES string of the molecule is CC1(C(=O)Cc2cccc3ccccc23)CCCN1. The average molecular weight is 253 g/mol. The zero-order chi connectivity index (χ0) is 13.3. The van der Waals surface area contributed by atoms with Crippen molar-refractivity contribution in [2.45, 2.75) is 31.7 Å². The Bertz CT molecular complexity index is 606. The number of hydrogen-bond acceptors (Lipinski definition) is 2. The highest BCUT2D eigenvalue weighted by Crippen LogP contribution is 2.24. The van der Waals surface area contributed by atoms with Gasteiger partial charge in [-0.05, 0) is 42.6 Å². The molecule has 0 bridgehead atoms. The van der Waals surface area contributed by atoms with E-state index < -0.39 is 0 Å². The second kappa shape index (κ2) is 4.78. The van der Waals surface area contributed by atoms with Crippen LogP contribution in [-0.4, -0.2) is 17.9 Å². The first-order chi connectivity index (χ1) is 9.19. The molecule has 2 nitrogen and oxygen atoms in total. The lowest BCUT2D eigenvalue weighted by molar-refractivity contribution is -0.123. The summed E-state index contributed by atoms with van der Waals surface area (Å²) in [5.74, 6) is 0.307. The maximum Gasteiger partial charge on any atom is 0.156 e. The minimum absolute atomic E-state index is 0.307. The number of carbonyl (C=O) groups is 1. The van der Waals surface area contributed by atoms with Crippen LogP contribution in [0.15, 0.2) is 42.5 Å². The molecule has 2 aromatic carbocycles. The summed E-state index contributed by atoms with van der Waals surface area (Å²) in [5, 5.41) is 5.75. The smallest absolute Gasteiger partial charge is 0.156 e. The molecular formula is C17H19NO. The number of Topliss-reactive ketones (excluding diaryl/α,β-unsaturated/α-hetero) is 1. The molecule has 0 amide bonds. The fourth-order valence-corrected chi connectivity index (χ4v) is 2.95. The minimum Gasteiger partial charge on any atom is -0.305 e. The van der Waals surface area contributed by atoms with E-state index in [0.717, 1.165) is 24.9 Å². The van der Waals surface area contributed by atoms with Crippen molar-refractivity contribution in [1.82, 2.24) is 5.32 Å². The van der Waals surface area contributed by atoms with Gasteiger partial charge in [-0.25, -0.2) is 0 Å². The highest BCUT2D eigenvalue weighted by Gasteiger charge is 2.35. The number of nitrogens with one attached hydrogen (secondary N) is 1. The van der Waals surface area contributed by atoms with E-state index >= 15 is 0 Å². The molecule has 3 rings (SSSR count). The molecule has 0 saturated carbocycles. The van der Waals surface area contributed by atoms with Crippen LogP contribution in [0.2, 0.25) is 0 Å². The third-order valence-electron chi connectivity index (χ3n) is 4.22. The molecule has 0 aliphatic carbocycles. The summed E-state index contributed by atoms with van der Waals surface area (Å²) < 4.78 is 0. The van der Waals surface area contributed by atoms with Crippen LogP contribution >= 0.6 is 0 Å². The normalized spacial score (nSPS) is 22.8. The summed E-state index contributed by atoms with van der Waals surface area (Å²) in [5.41, 5.74) is 0.815. The Hall–Kier alpha value is -1.67. The number of hydrogen-bond donors (Lipinski definition) is 1. The zero-order valence-corrected chi connectivity index (χ0v) is 11.3. The molecule has 1 atom stereocenters. The largest absolute Gasteiger partial charge is 0.305 e. The van der Waals surface area contributed by atoms with Crippen LogP contribution in [0, 0.1) is 0 Å². The van der Waals surface area contributed by atoms with Gasteiger partial charge in [0.25, 0.3) is 0 Å². The van der Waals surface area contributed by atoms with Crippen molar-refractivity contribution in [3.8, 4) is 0 Å². The maximum absolute atomic E-state index is 12.5. The second-order valence-corrected chi connectivity index (χ2v) is 5.60. The van der Waals surface area contributed by atoms with E-state index in [1.54, 1.807) is 0 Å². The Kier molecular flexibility index (Phi) is 3.11. The van der Waals surface area contributed by atoms with Gasteiger partial charge in [0.1, 0.15) is 0 Å². The lowest BCUT2D eigenvalue weighted by atomic mass is 9.89. The van der Waals surface area contributed by atoms with E-state index in [-0.39, 0.29) is 5.54 Å². The fourth-order valence-electron chi connectivity index (χ4n) is 2.95. The van der Waals surface area contributed by atoms with Gasteiger partial charge < -0.3 is 5.32 Å². The van der Waals surface area contributed by atoms with Gasteiger partial charge >= 0.3 is 0 Å². The summed E-state index contributed by atoms with van der Waals surface area (Å²) in [6.07, 6.45) is 2.57. The van der Waals surface area contributed by atoms with Crippen LogP contribution in [0.3, 0.4) is 0 Å². The predicted molar refractivity (Wildman–Crippen MR) is 78.3 cm³/mol. The highest BCUT2D eigenvalue weighted by molar-refractivity contribution is 5.95. The molecule has 1 heterocycles. The Balaban J connectivity index is 1.91. The van der Waals surface area contributed by atoms with Crippen LogP contribution < -0.4 is 5.32 Å². The Morgan fingerprint density at radius 2 is 2.00 bits per heavy atom. The number of carbonyl (C=O) groups excluding carboxylic acids is 1. The van der Waals surface area contributed by atoms with Crippen LogP contribution in [0.25, 0.3) is 10.8 Å². The van der Waals surface area contributed by atoms with Crippen molar-refractivity contribution >= 4 is 16.6 Å². The highest BCUT2D eigenvalue weighted by atomic mass is 16.1. The van der Waals surface area contributed by atoms with Crippen LogP contribution in [0.1, 0.15) is 25.3 Å². The van der Waals surface area contributed by atoms with Gasteiger partial charge in [-0.3, -0.25) is 4.79 Å². The monoisotopic (exact) mass is 253 g/mol. The first kappa shape index (κ1) is 12.4. The molecule has 98 valence electrons. The lowest BCUT2D eigenvalue weighted by Crippen LogP contribution is -2.45. The van der Waals surface area contributed by atoms with Gasteiger partial charge in [0.15, 0.2) is 5.78 Å². The third-order valence-corrected chi connectivity index (χ3v) is 4.22. The van der Waals surface area contributed by atoms with E-state index in [9.17, 15) is 4.79 Å². The van der Waals surface area contributed by atoms with Crippen molar-refractivity contribution < 1.29 is 4.79 Å². The number of benzene rings is 2. The van der Waals surface area contributed by atoms with E-state index in [4.69, 9.17) is 0 Å². The number of ketones is 1. The van der Waals surface area contributed by atoms with Gasteiger partial charge in [0.05, 0.1) is 5.54 Å². The van der Waals surface area contributed by atoms with Crippen molar-refractivity contribution in [2.24, 2.45) is 0 Å². The Morgan fingerprint density at radius 1 is 1.21 bits per heavy atom. The number of rotatable bonds is 3. The molecule has 1 aliphatic heterocycles. The first-order valence-corrected chi connectivity index (χ1v) is 6.94. The van der Waals surface area contributed by atoms with Crippen LogP contribution in [0.5, 0.6) is 0 Å². The van der Waals surface area contributed by atoms with Gasteiger partial charge in [-0.1, -0.05) is 42.5 Å². The summed E-state index contributed by atoms with van der Waals surface area (Å²) in [7, 11) is 0. The van der Waals surface area contributed by atoms with Crippen LogP contribution in [0.4, 0.5) is 0 Å². The quantitative estimate of drug-likeness (QED) is 0.910. The molecule has 0 radical (unpaired) electrons. The van der Waals surface area contributed by atoms with E-state index in [2.05, 4.69) is 29.6 Å². The molecule has 19 heavy (non-hydrogen) atoms. The summed E-state index contributed by atoms with van der Waals surface area (Å²) in [6, 6.07) is 14.5. The molecule has 1 fully saturated rings. The summed E-state index contributed by atoms with van der Waals surface area (Å²) in [6.45, 7) is 2.99. The zero-order valence-electron chi connectivity index (χ0n) is 11.3. The van der Waals surface area contributed by atoms with E-state index in [1.807, 2.05) is 25.1 Å². The Morgan fingerprint density at radius 3 is 2.79 bits per heavy atom. The molecule has 0 spiro atoms. The molecule has 1 unspecified atom stereocenters. The molecule has 1 N–H and O–H groups in total. The standard InChI is InChI=1S/C17H19NO/c1-17(10-5-11-18-17)16(19)12-14-8-4-7-13-6-2-3-9-15(13)14/h2-4,6-9,18H,5,10-12H2,1H3. The van der Waals surface area contributed by atoms with Crippen molar-refractivity contribution in [1.29, 1.82) is 0 Å². The molecule has 1 aliphatic rings. The van der Waals surface area contributed by atoms with E-state index in [1.165, 1.54) is 10.8 Å². The second-order valence-electron chi connectivity index (χ2n) is 5.60. The lowest BCUT2D eigenvalue weighted by Gasteiger charge is -2.22. The van der Waals surface area contributed by atoms with Crippen molar-refractivity contribution in [3.05, 3.63) is 48.0 Å². The summed E-state index contributed by atoms with van der Waals surface area (Å²) >= 11 is 0. The molecular weight excluding hydrogens is 234 g/mol. The molecule has 2 aromatic rings. The average Bonchev–Trinajstić information content (AvgIpc) is 2.87. The molecule has 0 aromatic heterocycles. The van der Waals surface area contributed by atoms with Crippen LogP contribution in [-0.2, 0) is 11.2 Å². The number of fused-ring (bicyclic) bond motifs is 1. The fraction of sp³-hybridized carbons (Fsp3) is 0.353. The Labute approximate surface area is 113 Å². The topological polar surface area (TPSA) is 29.1 Å². The van der Waals surface area contributed by atoms with Crippen molar-refractivity contribution in [2.75, 3.05) is 6.54 Å². The van der Waals surface area contributed by atoms with Gasteiger partial charge in [0.2, 0.25) is 0 Å².